The number of amides is 2. The Balaban J connectivity index is 1.40. The normalized spacial score (nSPS) is 21.6. The predicted octanol–water partition coefficient (Wildman–Crippen LogP) is 4.11. The number of hydrogen-bond acceptors (Lipinski definition) is 4. The Labute approximate surface area is 177 Å². The molecule has 0 saturated carbocycles. The fourth-order valence-electron chi connectivity index (χ4n) is 3.98. The zero-order chi connectivity index (χ0) is 21.0. The van der Waals surface area contributed by atoms with Gasteiger partial charge in [-0.25, -0.2) is 4.79 Å². The van der Waals surface area contributed by atoms with E-state index in [1.807, 2.05) is 39.0 Å². The van der Waals surface area contributed by atoms with Crippen LogP contribution in [0, 0.1) is 5.92 Å². The van der Waals surface area contributed by atoms with E-state index in [0.29, 0.717) is 19.7 Å². The third-order valence-corrected chi connectivity index (χ3v) is 5.51. The molecule has 2 amide bonds. The van der Waals surface area contributed by atoms with Crippen molar-refractivity contribution in [3.8, 4) is 0 Å². The van der Waals surface area contributed by atoms with Crippen LogP contribution in [0.3, 0.4) is 0 Å². The minimum atomic E-state index is -0.497. The summed E-state index contributed by atoms with van der Waals surface area (Å²) in [6.45, 7) is 7.40. The maximum absolute atomic E-state index is 12.3. The summed E-state index contributed by atoms with van der Waals surface area (Å²) in [7, 11) is 0. The van der Waals surface area contributed by atoms with E-state index < -0.39 is 5.60 Å². The quantitative estimate of drug-likeness (QED) is 0.775. The summed E-state index contributed by atoms with van der Waals surface area (Å²) in [5.41, 5.74) is 1.85. The second-order valence-electron chi connectivity index (χ2n) is 8.95. The molecule has 0 bridgehead atoms. The Morgan fingerprint density at radius 2 is 2.07 bits per heavy atom. The predicted molar refractivity (Wildman–Crippen MR) is 112 cm³/mol. The van der Waals surface area contributed by atoms with Gasteiger partial charge in [0.15, 0.2) is 0 Å². The molecule has 1 N–H and O–H groups in total. The summed E-state index contributed by atoms with van der Waals surface area (Å²) < 4.78 is 11.1. The van der Waals surface area contributed by atoms with Crippen LogP contribution in [0.5, 0.6) is 0 Å². The van der Waals surface area contributed by atoms with Gasteiger partial charge in [0, 0.05) is 24.0 Å². The standard InChI is InChI=1S/C22H31ClN2O4/c1-22(2,3)29-21(27)25-10-4-5-15(12-25)13-28-14-20(26)24-19-9-6-16-11-17(23)7-8-18(16)19/h7-8,11,15,19H,4-6,9-10,12-14H2,1-3H3,(H,24,26)/t15-,19-/m0/s1. The Kier molecular flexibility index (Phi) is 7.06. The lowest BCUT2D eigenvalue weighted by Crippen LogP contribution is -2.44. The minimum absolute atomic E-state index is 0.0238. The van der Waals surface area contributed by atoms with E-state index in [4.69, 9.17) is 21.1 Å². The van der Waals surface area contributed by atoms with Crippen molar-refractivity contribution in [3.05, 3.63) is 34.3 Å². The van der Waals surface area contributed by atoms with Gasteiger partial charge in [-0.05, 0) is 69.7 Å². The lowest BCUT2D eigenvalue weighted by Gasteiger charge is -2.34. The van der Waals surface area contributed by atoms with Gasteiger partial charge in [-0.2, -0.15) is 0 Å². The Morgan fingerprint density at radius 1 is 1.28 bits per heavy atom. The molecule has 7 heteroatoms. The largest absolute Gasteiger partial charge is 0.444 e. The molecule has 2 aliphatic rings. The Bertz CT molecular complexity index is 747. The van der Waals surface area contributed by atoms with Crippen molar-refractivity contribution in [3.63, 3.8) is 0 Å². The summed E-state index contributed by atoms with van der Waals surface area (Å²) in [6.07, 6.45) is 3.43. The number of halogens is 1. The van der Waals surface area contributed by atoms with Gasteiger partial charge < -0.3 is 19.7 Å². The first kappa shape index (κ1) is 21.9. The number of ether oxygens (including phenoxy) is 2. The van der Waals surface area contributed by atoms with E-state index in [2.05, 4.69) is 5.32 Å². The van der Waals surface area contributed by atoms with Crippen molar-refractivity contribution in [1.82, 2.24) is 10.2 Å². The van der Waals surface area contributed by atoms with Gasteiger partial charge in [-0.15, -0.1) is 0 Å². The molecule has 1 aliphatic heterocycles. The van der Waals surface area contributed by atoms with E-state index in [1.165, 1.54) is 5.56 Å². The van der Waals surface area contributed by atoms with Crippen molar-refractivity contribution in [2.24, 2.45) is 5.92 Å². The van der Waals surface area contributed by atoms with E-state index in [1.54, 1.807) is 4.90 Å². The molecule has 1 fully saturated rings. The number of piperidine rings is 1. The van der Waals surface area contributed by atoms with Gasteiger partial charge in [0.1, 0.15) is 12.2 Å². The van der Waals surface area contributed by atoms with Crippen LogP contribution in [0.2, 0.25) is 5.02 Å². The monoisotopic (exact) mass is 422 g/mol. The molecule has 1 aliphatic carbocycles. The number of fused-ring (bicyclic) bond motifs is 1. The number of benzene rings is 1. The SMILES string of the molecule is CC(C)(C)OC(=O)N1CCC[C@H](COCC(=O)N[C@H]2CCc3cc(Cl)ccc32)C1. The van der Waals surface area contributed by atoms with Crippen molar-refractivity contribution in [2.75, 3.05) is 26.3 Å². The minimum Gasteiger partial charge on any atom is -0.444 e. The fraction of sp³-hybridized carbons (Fsp3) is 0.636. The molecular formula is C22H31ClN2O4. The van der Waals surface area contributed by atoms with E-state index in [0.717, 1.165) is 36.3 Å². The van der Waals surface area contributed by atoms with Crippen LogP contribution < -0.4 is 5.32 Å². The molecule has 0 spiro atoms. The highest BCUT2D eigenvalue weighted by Crippen LogP contribution is 2.32. The molecule has 1 heterocycles. The van der Waals surface area contributed by atoms with Gasteiger partial charge in [0.2, 0.25) is 5.91 Å². The number of hydrogen-bond donors (Lipinski definition) is 1. The second-order valence-corrected chi connectivity index (χ2v) is 9.39. The molecule has 0 radical (unpaired) electrons. The number of aryl methyl sites for hydroxylation is 1. The Morgan fingerprint density at radius 3 is 2.83 bits per heavy atom. The number of nitrogens with zero attached hydrogens (tertiary/aromatic N) is 1. The number of carbonyl (C=O) groups is 2. The van der Waals surface area contributed by atoms with Crippen LogP contribution in [0.1, 0.15) is 57.2 Å². The first-order chi connectivity index (χ1) is 13.7. The number of carbonyl (C=O) groups excluding carboxylic acids is 2. The highest BCUT2D eigenvalue weighted by Gasteiger charge is 2.28. The molecule has 6 nitrogen and oxygen atoms in total. The summed E-state index contributed by atoms with van der Waals surface area (Å²) >= 11 is 6.04. The van der Waals surface area contributed by atoms with Gasteiger partial charge in [0.25, 0.3) is 0 Å². The molecule has 1 aromatic rings. The average molecular weight is 423 g/mol. The Hall–Kier alpha value is -1.79. The van der Waals surface area contributed by atoms with E-state index in [-0.39, 0.29) is 30.6 Å². The first-order valence-electron chi connectivity index (χ1n) is 10.3. The van der Waals surface area contributed by atoms with Crippen molar-refractivity contribution < 1.29 is 19.1 Å². The maximum atomic E-state index is 12.3. The average Bonchev–Trinajstić information content (AvgIpc) is 3.02. The molecule has 0 unspecified atom stereocenters. The summed E-state index contributed by atoms with van der Waals surface area (Å²) in [6, 6.07) is 5.85. The van der Waals surface area contributed by atoms with Crippen LogP contribution >= 0.6 is 11.6 Å². The van der Waals surface area contributed by atoms with Gasteiger partial charge in [-0.1, -0.05) is 17.7 Å². The maximum Gasteiger partial charge on any atom is 0.410 e. The molecule has 1 saturated heterocycles. The molecule has 1 aromatic carbocycles. The van der Waals surface area contributed by atoms with Crippen molar-refractivity contribution in [1.29, 1.82) is 0 Å². The van der Waals surface area contributed by atoms with Crippen LogP contribution in [-0.4, -0.2) is 48.8 Å². The smallest absolute Gasteiger partial charge is 0.410 e. The third-order valence-electron chi connectivity index (χ3n) is 5.28. The number of nitrogens with one attached hydrogen (secondary N) is 1. The summed E-state index contributed by atoms with van der Waals surface area (Å²) in [5.74, 6) is 0.107. The molecule has 2 atom stereocenters. The molecule has 160 valence electrons. The van der Waals surface area contributed by atoms with Crippen LogP contribution in [0.4, 0.5) is 4.79 Å². The fourth-order valence-corrected chi connectivity index (χ4v) is 4.18. The zero-order valence-electron chi connectivity index (χ0n) is 17.5. The van der Waals surface area contributed by atoms with Gasteiger partial charge >= 0.3 is 6.09 Å². The molecular weight excluding hydrogens is 392 g/mol. The van der Waals surface area contributed by atoms with Gasteiger partial charge in [0.05, 0.1) is 12.6 Å². The second kappa shape index (κ2) is 9.35. The number of likely N-dealkylation sites (tertiary alicyclic amines) is 1. The third kappa shape index (κ3) is 6.34. The van der Waals surface area contributed by atoms with Gasteiger partial charge in [-0.3, -0.25) is 4.79 Å². The molecule has 29 heavy (non-hydrogen) atoms. The van der Waals surface area contributed by atoms with Crippen molar-refractivity contribution in [2.45, 2.75) is 58.1 Å². The van der Waals surface area contributed by atoms with E-state index >= 15 is 0 Å². The topological polar surface area (TPSA) is 67.9 Å². The highest BCUT2D eigenvalue weighted by atomic mass is 35.5. The lowest BCUT2D eigenvalue weighted by atomic mass is 9.99. The summed E-state index contributed by atoms with van der Waals surface area (Å²) in [4.78, 5) is 26.3. The van der Waals surface area contributed by atoms with Crippen molar-refractivity contribution >= 4 is 23.6 Å². The van der Waals surface area contributed by atoms with E-state index in [9.17, 15) is 9.59 Å². The zero-order valence-corrected chi connectivity index (χ0v) is 18.3. The first-order valence-corrected chi connectivity index (χ1v) is 10.7. The van der Waals surface area contributed by atoms with Crippen LogP contribution in [0.15, 0.2) is 18.2 Å². The number of rotatable bonds is 5. The summed E-state index contributed by atoms with van der Waals surface area (Å²) in [5, 5.41) is 3.78. The molecule has 0 aromatic heterocycles. The lowest BCUT2D eigenvalue weighted by molar-refractivity contribution is -0.127. The highest BCUT2D eigenvalue weighted by molar-refractivity contribution is 6.30. The van der Waals surface area contributed by atoms with Crippen LogP contribution in [-0.2, 0) is 20.7 Å². The molecule has 3 rings (SSSR count). The van der Waals surface area contributed by atoms with Crippen LogP contribution in [0.25, 0.3) is 0 Å².